The van der Waals surface area contributed by atoms with Gasteiger partial charge < -0.3 is 0 Å². The second-order valence-corrected chi connectivity index (χ2v) is 6.21. The van der Waals surface area contributed by atoms with E-state index >= 15 is 0 Å². The number of halogens is 2. The number of hydrogen-bond acceptors (Lipinski definition) is 4. The van der Waals surface area contributed by atoms with Gasteiger partial charge >= 0.3 is 0 Å². The van der Waals surface area contributed by atoms with Crippen molar-refractivity contribution in [3.8, 4) is 0 Å². The number of hydrogen-bond donors (Lipinski definition) is 1. The topological polar surface area (TPSA) is 72.0 Å². The molecule has 0 unspecified atom stereocenters. The van der Waals surface area contributed by atoms with E-state index in [1.165, 1.54) is 26.2 Å². The van der Waals surface area contributed by atoms with Crippen LogP contribution < -0.4 is 4.72 Å². The Morgan fingerprint density at radius 1 is 1.20 bits per heavy atom. The minimum Gasteiger partial charge on any atom is -0.262 e. The second kappa shape index (κ2) is 5.34. The summed E-state index contributed by atoms with van der Waals surface area (Å²) in [5.74, 6) is -0.484. The minimum absolute atomic E-state index is 0.000579. The van der Waals surface area contributed by atoms with Crippen LogP contribution in [-0.4, -0.2) is 18.4 Å². The molecule has 2 aromatic rings. The summed E-state index contributed by atoms with van der Waals surface area (Å²) in [5, 5.41) is 0.0674. The molecule has 0 radical (unpaired) electrons. The zero-order valence-electron chi connectivity index (χ0n) is 10.7. The van der Waals surface area contributed by atoms with E-state index in [9.17, 15) is 12.8 Å². The molecule has 8 heteroatoms. The molecule has 0 bridgehead atoms. The van der Waals surface area contributed by atoms with Crippen LogP contribution in [-0.2, 0) is 10.0 Å². The number of anilines is 1. The Bertz CT molecular complexity index is 742. The molecule has 0 saturated carbocycles. The normalized spacial score (nSPS) is 11.4. The van der Waals surface area contributed by atoms with Crippen molar-refractivity contribution in [2.45, 2.75) is 18.7 Å². The van der Waals surface area contributed by atoms with Gasteiger partial charge in [-0.05, 0) is 37.1 Å². The Hall–Kier alpha value is -1.73. The van der Waals surface area contributed by atoms with E-state index in [0.29, 0.717) is 11.1 Å². The Morgan fingerprint density at radius 3 is 2.35 bits per heavy atom. The van der Waals surface area contributed by atoms with Gasteiger partial charge in [0.2, 0.25) is 0 Å². The average molecular weight is 316 g/mol. The molecule has 20 heavy (non-hydrogen) atoms. The quantitative estimate of drug-likeness (QED) is 0.945. The molecule has 2 rings (SSSR count). The van der Waals surface area contributed by atoms with Crippen molar-refractivity contribution < 1.29 is 12.8 Å². The fourth-order valence-electron chi connectivity index (χ4n) is 1.90. The SMILES string of the molecule is Cc1cc(F)cc(C)c1S(=O)(=O)Nc1cncc(Cl)n1. The highest BCUT2D eigenvalue weighted by atomic mass is 35.5. The van der Waals surface area contributed by atoms with Crippen molar-refractivity contribution in [1.82, 2.24) is 9.97 Å². The van der Waals surface area contributed by atoms with Crippen molar-refractivity contribution >= 4 is 27.4 Å². The van der Waals surface area contributed by atoms with Crippen molar-refractivity contribution in [2.75, 3.05) is 4.72 Å². The summed E-state index contributed by atoms with van der Waals surface area (Å²) in [7, 11) is -3.89. The molecule has 1 aromatic heterocycles. The van der Waals surface area contributed by atoms with Gasteiger partial charge in [-0.15, -0.1) is 0 Å². The second-order valence-electron chi connectivity index (χ2n) is 4.20. The van der Waals surface area contributed by atoms with Crippen molar-refractivity contribution in [3.05, 3.63) is 46.6 Å². The van der Waals surface area contributed by atoms with E-state index < -0.39 is 15.8 Å². The molecule has 0 spiro atoms. The van der Waals surface area contributed by atoms with Gasteiger partial charge in [-0.25, -0.2) is 17.8 Å². The first-order chi connectivity index (χ1) is 9.29. The molecule has 5 nitrogen and oxygen atoms in total. The number of nitrogens with zero attached hydrogens (tertiary/aromatic N) is 2. The summed E-state index contributed by atoms with van der Waals surface area (Å²) in [5.41, 5.74) is 0.620. The maximum absolute atomic E-state index is 13.2. The summed E-state index contributed by atoms with van der Waals surface area (Å²) in [6.45, 7) is 3.04. The summed E-state index contributed by atoms with van der Waals surface area (Å²) < 4.78 is 40.1. The summed E-state index contributed by atoms with van der Waals surface area (Å²) >= 11 is 5.65. The monoisotopic (exact) mass is 315 g/mol. The van der Waals surface area contributed by atoms with Gasteiger partial charge in [-0.1, -0.05) is 11.6 Å². The standard InChI is InChI=1S/C12H11ClFN3O2S/c1-7-3-9(14)4-8(2)12(7)20(18,19)17-11-6-15-5-10(13)16-11/h3-6H,1-2H3,(H,16,17). The van der Waals surface area contributed by atoms with Gasteiger partial charge in [0.1, 0.15) is 11.0 Å². The summed E-state index contributed by atoms with van der Waals surface area (Å²) in [6.07, 6.45) is 2.52. The maximum atomic E-state index is 13.2. The number of aromatic nitrogens is 2. The Morgan fingerprint density at radius 2 is 1.80 bits per heavy atom. The number of aryl methyl sites for hydroxylation is 2. The Labute approximate surface area is 120 Å². The van der Waals surface area contributed by atoms with Crippen LogP contribution in [0.3, 0.4) is 0 Å². The van der Waals surface area contributed by atoms with Crippen LogP contribution in [0.15, 0.2) is 29.4 Å². The molecule has 0 aliphatic carbocycles. The van der Waals surface area contributed by atoms with E-state index in [1.807, 2.05) is 0 Å². The average Bonchev–Trinajstić information content (AvgIpc) is 2.25. The van der Waals surface area contributed by atoms with Gasteiger partial charge in [-0.2, -0.15) is 0 Å². The zero-order valence-corrected chi connectivity index (χ0v) is 12.3. The highest BCUT2D eigenvalue weighted by Gasteiger charge is 2.21. The fraction of sp³-hybridized carbons (Fsp3) is 0.167. The molecular formula is C12H11ClFN3O2S. The summed E-state index contributed by atoms with van der Waals surface area (Å²) in [4.78, 5) is 7.55. The van der Waals surface area contributed by atoms with E-state index in [1.54, 1.807) is 0 Å². The Kier molecular flexibility index (Phi) is 3.92. The van der Waals surface area contributed by atoms with Crippen LogP contribution in [0.25, 0.3) is 0 Å². The molecule has 0 atom stereocenters. The van der Waals surface area contributed by atoms with Gasteiger partial charge in [-0.3, -0.25) is 9.71 Å². The van der Waals surface area contributed by atoms with Crippen molar-refractivity contribution in [3.63, 3.8) is 0 Å². The van der Waals surface area contributed by atoms with Gasteiger partial charge in [0, 0.05) is 0 Å². The predicted octanol–water partition coefficient (Wildman–Crippen LogP) is 2.69. The van der Waals surface area contributed by atoms with E-state index in [4.69, 9.17) is 11.6 Å². The van der Waals surface area contributed by atoms with E-state index in [-0.39, 0.29) is 15.9 Å². The van der Waals surface area contributed by atoms with Crippen LogP contribution in [0.4, 0.5) is 10.2 Å². The lowest BCUT2D eigenvalue weighted by Gasteiger charge is -2.12. The number of sulfonamides is 1. The molecular weight excluding hydrogens is 305 g/mol. The van der Waals surface area contributed by atoms with Crippen molar-refractivity contribution in [1.29, 1.82) is 0 Å². The first-order valence-electron chi connectivity index (χ1n) is 5.57. The lowest BCUT2D eigenvalue weighted by Crippen LogP contribution is -2.17. The fourth-order valence-corrected chi connectivity index (χ4v) is 3.49. The lowest BCUT2D eigenvalue weighted by atomic mass is 10.1. The molecule has 0 aliphatic heterocycles. The highest BCUT2D eigenvalue weighted by Crippen LogP contribution is 2.23. The third-order valence-electron chi connectivity index (χ3n) is 2.54. The van der Waals surface area contributed by atoms with Crippen LogP contribution in [0.2, 0.25) is 5.15 Å². The molecule has 1 aromatic carbocycles. The van der Waals surface area contributed by atoms with Crippen LogP contribution >= 0.6 is 11.6 Å². The number of benzene rings is 1. The van der Waals surface area contributed by atoms with Gasteiger partial charge in [0.15, 0.2) is 5.82 Å². The van der Waals surface area contributed by atoms with E-state index in [2.05, 4.69) is 14.7 Å². The molecule has 0 saturated heterocycles. The van der Waals surface area contributed by atoms with Crippen molar-refractivity contribution in [2.24, 2.45) is 0 Å². The minimum atomic E-state index is -3.89. The largest absolute Gasteiger partial charge is 0.263 e. The number of rotatable bonds is 3. The molecule has 106 valence electrons. The van der Waals surface area contributed by atoms with Crippen LogP contribution in [0, 0.1) is 19.7 Å². The first kappa shape index (κ1) is 14.7. The third-order valence-corrected chi connectivity index (χ3v) is 4.38. The highest BCUT2D eigenvalue weighted by molar-refractivity contribution is 7.92. The molecule has 1 N–H and O–H groups in total. The van der Waals surface area contributed by atoms with Gasteiger partial charge in [0.05, 0.1) is 17.3 Å². The first-order valence-corrected chi connectivity index (χ1v) is 7.43. The predicted molar refractivity (Wildman–Crippen MR) is 73.7 cm³/mol. The molecule has 0 fully saturated rings. The zero-order chi connectivity index (χ0) is 14.9. The Balaban J connectivity index is 2.46. The van der Waals surface area contributed by atoms with Crippen LogP contribution in [0.5, 0.6) is 0 Å². The van der Waals surface area contributed by atoms with E-state index in [0.717, 1.165) is 12.1 Å². The van der Waals surface area contributed by atoms with Gasteiger partial charge in [0.25, 0.3) is 10.0 Å². The van der Waals surface area contributed by atoms with Crippen LogP contribution in [0.1, 0.15) is 11.1 Å². The molecule has 1 heterocycles. The molecule has 0 aliphatic rings. The third kappa shape index (κ3) is 3.05. The summed E-state index contributed by atoms with van der Waals surface area (Å²) in [6, 6.07) is 2.32. The maximum Gasteiger partial charge on any atom is 0.263 e. The molecule has 0 amide bonds. The number of nitrogens with one attached hydrogen (secondary N) is 1. The lowest BCUT2D eigenvalue weighted by molar-refractivity contribution is 0.597. The smallest absolute Gasteiger partial charge is 0.262 e.